The first-order valence-electron chi connectivity index (χ1n) is 22.9. The quantitative estimate of drug-likeness (QED) is 0.0765. The number of benzene rings is 3. The van der Waals surface area contributed by atoms with Gasteiger partial charge in [-0.25, -0.2) is 9.59 Å². The van der Waals surface area contributed by atoms with Gasteiger partial charge in [-0.3, -0.25) is 29.0 Å². The van der Waals surface area contributed by atoms with E-state index in [4.69, 9.17) is 11.5 Å². The predicted octanol–water partition coefficient (Wildman–Crippen LogP) is 7.87. The van der Waals surface area contributed by atoms with Crippen LogP contribution in [0.4, 0.5) is 15.3 Å². The van der Waals surface area contributed by atoms with Gasteiger partial charge in [0.05, 0.1) is 12.1 Å². The van der Waals surface area contributed by atoms with Gasteiger partial charge < -0.3 is 36.4 Å². The number of rotatable bonds is 21. The van der Waals surface area contributed by atoms with Gasteiger partial charge in [0.25, 0.3) is 0 Å². The maximum absolute atomic E-state index is 14.6. The van der Waals surface area contributed by atoms with Crippen molar-refractivity contribution in [1.29, 1.82) is 0 Å². The second-order valence-electron chi connectivity index (χ2n) is 19.6. The number of carbonyl (C=O) groups excluding carboxylic acids is 4. The first-order chi connectivity index (χ1) is 31.6. The van der Waals surface area contributed by atoms with E-state index < -0.39 is 46.9 Å². The maximum atomic E-state index is 14.6. The Morgan fingerprint density at radius 3 is 1.30 bits per heavy atom. The van der Waals surface area contributed by atoms with Crippen molar-refractivity contribution in [3.63, 3.8) is 0 Å². The highest BCUT2D eigenvalue weighted by Gasteiger charge is 2.49. The Morgan fingerprint density at radius 2 is 0.985 bits per heavy atom. The van der Waals surface area contributed by atoms with Crippen LogP contribution in [0.2, 0.25) is 0 Å². The van der Waals surface area contributed by atoms with Crippen LogP contribution in [0.1, 0.15) is 113 Å². The summed E-state index contributed by atoms with van der Waals surface area (Å²) in [6.07, 6.45) is 4.44. The molecule has 2 heterocycles. The molecule has 6 N–H and O–H groups in total. The average molecular weight is 920 g/mol. The van der Waals surface area contributed by atoms with Crippen LogP contribution in [-0.2, 0) is 32.3 Å². The summed E-state index contributed by atoms with van der Waals surface area (Å²) in [6, 6.07) is 23.0. The third-order valence-corrected chi connectivity index (χ3v) is 13.6. The van der Waals surface area contributed by atoms with Crippen LogP contribution in [0.3, 0.4) is 0 Å². The number of amides is 6. The van der Waals surface area contributed by atoms with Crippen LogP contribution >= 0.6 is 0 Å². The number of hydrogen-bond acceptors (Lipinski definition) is 7. The highest BCUT2D eigenvalue weighted by molar-refractivity contribution is 5.89. The molecule has 0 saturated carbocycles. The summed E-state index contributed by atoms with van der Waals surface area (Å²) in [4.78, 5) is 85.9. The Labute approximate surface area is 395 Å². The van der Waals surface area contributed by atoms with Crippen molar-refractivity contribution in [3.8, 4) is 0 Å². The highest BCUT2D eigenvalue weighted by atomic mass is 16.4. The SMILES string of the molecule is C=CC[C@H]1CC[C@@H](c2ccc(CN(Cc3ccc([C@@H]4CC[C@H](CC=C)N4C(=O)[C@@H](N(C)C(=O)O)C(C)(C)CC(N)=O)cc3)c3ccccc3)cc2)N1C(=O)[C@@H](N(C)C(=O)O)C(C)(C)CC(N)=O. The van der Waals surface area contributed by atoms with E-state index in [1.165, 1.54) is 14.1 Å². The van der Waals surface area contributed by atoms with Crippen LogP contribution in [0.25, 0.3) is 0 Å². The Balaban J connectivity index is 1.40. The Hall–Kier alpha value is -6.64. The molecule has 0 spiro atoms. The van der Waals surface area contributed by atoms with Gasteiger partial charge in [0.15, 0.2) is 0 Å². The molecule has 6 amide bonds. The minimum Gasteiger partial charge on any atom is -0.465 e. The van der Waals surface area contributed by atoms with Gasteiger partial charge in [0, 0.05) is 68.6 Å². The third kappa shape index (κ3) is 12.0. The average Bonchev–Trinajstić information content (AvgIpc) is 3.88. The van der Waals surface area contributed by atoms with Crippen molar-refractivity contribution >= 4 is 41.5 Å². The fourth-order valence-corrected chi connectivity index (χ4v) is 10.6. The van der Waals surface area contributed by atoms with Crippen molar-refractivity contribution in [1.82, 2.24) is 19.6 Å². The number of likely N-dealkylation sites (tertiary alicyclic amines) is 2. The standard InChI is InChI=1S/C52H69N7O8/c1-9-14-39-26-28-41(58(39)47(62)45(55(7)49(64)65)51(3,4)30-43(53)60)36-22-18-34(19-23-36)32-57(38-16-12-11-13-17-38)33-35-20-24-37(25-21-35)42-29-27-40(15-10-2)59(42)48(63)46(56(8)50(66)67)52(5,6)31-44(54)61/h9-13,16-25,39-42,45-46H,1-2,14-15,26-33H2,3-8H3,(H2,53,60)(H2,54,61)(H,64,65)(H,66,67)/t39-,40-,41-,42-,45+,46+/m0/s1. The largest absolute Gasteiger partial charge is 0.465 e. The van der Waals surface area contributed by atoms with E-state index in [1.54, 1.807) is 49.6 Å². The number of nitrogens with zero attached hydrogens (tertiary/aromatic N) is 5. The number of carboxylic acid groups (broad SMARTS) is 2. The smallest absolute Gasteiger partial charge is 0.407 e. The molecule has 0 unspecified atom stereocenters. The molecule has 3 aromatic rings. The molecule has 0 bridgehead atoms. The molecule has 6 atom stereocenters. The molecular formula is C52H69N7O8. The molecule has 15 nitrogen and oxygen atoms in total. The number of nitrogens with two attached hydrogens (primary N) is 2. The van der Waals surface area contributed by atoms with Crippen LogP contribution < -0.4 is 16.4 Å². The zero-order chi connectivity index (χ0) is 49.4. The van der Waals surface area contributed by atoms with Crippen LogP contribution in [0.15, 0.2) is 104 Å². The number of primary amides is 2. The van der Waals surface area contributed by atoms with Gasteiger partial charge in [0.2, 0.25) is 23.6 Å². The van der Waals surface area contributed by atoms with Gasteiger partial charge in [-0.05, 0) is 72.9 Å². The molecule has 2 saturated heterocycles. The summed E-state index contributed by atoms with van der Waals surface area (Å²) in [5.41, 5.74) is 13.9. The number of hydrogen-bond donors (Lipinski definition) is 4. The molecule has 2 aliphatic heterocycles. The van der Waals surface area contributed by atoms with E-state index in [0.29, 0.717) is 51.6 Å². The van der Waals surface area contributed by atoms with Gasteiger partial charge in [-0.1, -0.05) is 107 Å². The lowest BCUT2D eigenvalue weighted by Crippen LogP contribution is -2.57. The molecule has 3 aromatic carbocycles. The van der Waals surface area contributed by atoms with E-state index in [-0.39, 0.29) is 48.8 Å². The molecule has 67 heavy (non-hydrogen) atoms. The molecule has 360 valence electrons. The lowest BCUT2D eigenvalue weighted by molar-refractivity contribution is -0.145. The van der Waals surface area contributed by atoms with Gasteiger partial charge >= 0.3 is 12.2 Å². The Kier molecular flexibility index (Phi) is 16.7. The molecular weight excluding hydrogens is 851 g/mol. The monoisotopic (exact) mass is 920 g/mol. The Morgan fingerprint density at radius 1 is 0.627 bits per heavy atom. The summed E-state index contributed by atoms with van der Waals surface area (Å²) in [7, 11) is 2.71. The molecule has 15 heteroatoms. The van der Waals surface area contributed by atoms with Crippen molar-refractivity contribution in [2.24, 2.45) is 22.3 Å². The van der Waals surface area contributed by atoms with E-state index in [1.807, 2.05) is 42.5 Å². The minimum absolute atomic E-state index is 0.174. The highest BCUT2D eigenvalue weighted by Crippen LogP contribution is 2.43. The first-order valence-corrected chi connectivity index (χ1v) is 22.9. The molecule has 2 aliphatic rings. The summed E-state index contributed by atoms with van der Waals surface area (Å²) in [6.45, 7) is 15.7. The van der Waals surface area contributed by atoms with Crippen molar-refractivity contribution in [3.05, 3.63) is 126 Å². The molecule has 5 rings (SSSR count). The fraction of sp³-hybridized carbons (Fsp3) is 0.462. The third-order valence-electron chi connectivity index (χ3n) is 13.6. The van der Waals surface area contributed by atoms with Crippen molar-refractivity contribution < 1.29 is 39.0 Å². The zero-order valence-electron chi connectivity index (χ0n) is 39.8. The lowest BCUT2D eigenvalue weighted by Gasteiger charge is -2.42. The molecule has 0 aromatic heterocycles. The van der Waals surface area contributed by atoms with Gasteiger partial charge in [0.1, 0.15) is 12.1 Å². The Bertz CT molecular complexity index is 2130. The van der Waals surface area contributed by atoms with Crippen molar-refractivity contribution in [2.45, 2.75) is 128 Å². The maximum Gasteiger partial charge on any atom is 0.407 e. The van der Waals surface area contributed by atoms with E-state index in [0.717, 1.165) is 37.7 Å². The topological polar surface area (TPSA) is 211 Å². The fourth-order valence-electron chi connectivity index (χ4n) is 10.6. The molecule has 2 fully saturated rings. The summed E-state index contributed by atoms with van der Waals surface area (Å²) >= 11 is 0. The van der Waals surface area contributed by atoms with Gasteiger partial charge in [-0.15, -0.1) is 13.2 Å². The lowest BCUT2D eigenvalue weighted by atomic mass is 9.79. The van der Waals surface area contributed by atoms with Gasteiger partial charge in [-0.2, -0.15) is 0 Å². The van der Waals surface area contributed by atoms with Crippen LogP contribution in [0, 0.1) is 10.8 Å². The summed E-state index contributed by atoms with van der Waals surface area (Å²) in [5, 5.41) is 20.1. The van der Waals surface area contributed by atoms with Crippen LogP contribution in [-0.4, -0.2) is 104 Å². The first kappa shape index (κ1) is 51.3. The number of carbonyl (C=O) groups is 6. The van der Waals surface area contributed by atoms with E-state index in [2.05, 4.69) is 54.5 Å². The predicted molar refractivity (Wildman–Crippen MR) is 258 cm³/mol. The second-order valence-corrected chi connectivity index (χ2v) is 19.6. The van der Waals surface area contributed by atoms with E-state index in [9.17, 15) is 39.0 Å². The minimum atomic E-state index is -1.28. The summed E-state index contributed by atoms with van der Waals surface area (Å²) < 4.78 is 0. The zero-order valence-corrected chi connectivity index (χ0v) is 39.8. The summed E-state index contributed by atoms with van der Waals surface area (Å²) in [5.74, 6) is -2.00. The molecule has 0 aliphatic carbocycles. The second kappa shape index (κ2) is 21.8. The number of likely N-dealkylation sites (N-methyl/N-ethyl adjacent to an activating group) is 2. The van der Waals surface area contributed by atoms with Crippen molar-refractivity contribution in [2.75, 3.05) is 19.0 Å². The molecule has 0 radical (unpaired) electrons. The normalized spacial score (nSPS) is 19.3. The number of anilines is 1. The van der Waals surface area contributed by atoms with Crippen LogP contribution in [0.5, 0.6) is 0 Å². The number of para-hydroxylation sites is 1. The van der Waals surface area contributed by atoms with E-state index >= 15 is 0 Å².